The minimum atomic E-state index is -0.643. The zero-order valence-electron chi connectivity index (χ0n) is 16.9. The van der Waals surface area contributed by atoms with E-state index in [1.54, 1.807) is 18.2 Å². The number of halogens is 3. The number of hydrogen-bond donors (Lipinski definition) is 3. The molecule has 2 aromatic carbocycles. The van der Waals surface area contributed by atoms with Crippen LogP contribution in [-0.2, 0) is 14.4 Å². The van der Waals surface area contributed by atoms with Gasteiger partial charge in [0.1, 0.15) is 23.5 Å². The molecule has 2 heterocycles. The van der Waals surface area contributed by atoms with Crippen LogP contribution in [0.2, 0.25) is 0 Å². The lowest BCUT2D eigenvalue weighted by molar-refractivity contribution is -0.131. The van der Waals surface area contributed by atoms with Crippen LogP contribution in [0.15, 0.2) is 42.5 Å². The molecule has 6 nitrogen and oxygen atoms in total. The highest BCUT2D eigenvalue weighted by atomic mass is 19.1. The zero-order valence-corrected chi connectivity index (χ0v) is 16.9. The molecule has 32 heavy (non-hydrogen) atoms. The van der Waals surface area contributed by atoms with Crippen molar-refractivity contribution in [3.05, 3.63) is 59.9 Å². The number of rotatable bonds is 3. The van der Waals surface area contributed by atoms with Gasteiger partial charge < -0.3 is 10.3 Å². The predicted molar refractivity (Wildman–Crippen MR) is 111 cm³/mol. The van der Waals surface area contributed by atoms with E-state index in [2.05, 4.69) is 15.6 Å². The Morgan fingerprint density at radius 3 is 2.28 bits per heavy atom. The number of fused-ring (bicyclic) bond motifs is 1. The molecule has 1 aliphatic heterocycles. The van der Waals surface area contributed by atoms with E-state index in [4.69, 9.17) is 0 Å². The van der Waals surface area contributed by atoms with Crippen LogP contribution < -0.4 is 10.6 Å². The molecule has 3 amide bonds. The Hall–Kier alpha value is -3.62. The van der Waals surface area contributed by atoms with Gasteiger partial charge in [-0.05, 0) is 54.8 Å². The van der Waals surface area contributed by atoms with Crippen molar-refractivity contribution in [2.24, 2.45) is 5.92 Å². The topological polar surface area (TPSA) is 91.1 Å². The van der Waals surface area contributed by atoms with Crippen molar-refractivity contribution in [1.29, 1.82) is 0 Å². The SMILES string of the molecule is Fc1ccc(-c2cc3cc(F)cc(F)c3[nH]2)cc1.O=C1CC(NC(=O)C2CCC2)C(=O)N1. The van der Waals surface area contributed by atoms with Gasteiger partial charge in [0, 0.05) is 23.1 Å². The quantitative estimate of drug-likeness (QED) is 0.541. The Bertz CT molecular complexity index is 1190. The van der Waals surface area contributed by atoms with E-state index in [9.17, 15) is 27.6 Å². The van der Waals surface area contributed by atoms with Crippen molar-refractivity contribution in [2.45, 2.75) is 31.7 Å². The molecular formula is C23H20F3N3O3. The van der Waals surface area contributed by atoms with Crippen molar-refractivity contribution >= 4 is 28.6 Å². The number of imide groups is 1. The molecule has 1 saturated heterocycles. The molecule has 5 rings (SSSR count). The molecular weight excluding hydrogens is 423 g/mol. The number of carbonyl (C=O) groups excluding carboxylic acids is 3. The fourth-order valence-electron chi connectivity index (χ4n) is 3.58. The largest absolute Gasteiger partial charge is 0.352 e. The normalized spacial score (nSPS) is 18.0. The number of benzene rings is 2. The lowest BCUT2D eigenvalue weighted by Gasteiger charge is -2.25. The van der Waals surface area contributed by atoms with Gasteiger partial charge in [-0.3, -0.25) is 19.7 Å². The molecule has 1 unspecified atom stereocenters. The average Bonchev–Trinajstić information content (AvgIpc) is 3.24. The number of aromatic amines is 1. The molecule has 3 aromatic rings. The molecule has 2 fully saturated rings. The van der Waals surface area contributed by atoms with Crippen LogP contribution in [0.25, 0.3) is 22.2 Å². The van der Waals surface area contributed by atoms with Crippen LogP contribution in [0.4, 0.5) is 13.2 Å². The van der Waals surface area contributed by atoms with Gasteiger partial charge in [-0.25, -0.2) is 13.2 Å². The first kappa shape index (κ1) is 21.6. The van der Waals surface area contributed by atoms with Gasteiger partial charge in [0.25, 0.3) is 0 Å². The summed E-state index contributed by atoms with van der Waals surface area (Å²) in [5.74, 6) is -2.34. The summed E-state index contributed by atoms with van der Waals surface area (Å²) >= 11 is 0. The van der Waals surface area contributed by atoms with Gasteiger partial charge in [-0.2, -0.15) is 0 Å². The summed E-state index contributed by atoms with van der Waals surface area (Å²) in [6.45, 7) is 0. The number of amides is 3. The van der Waals surface area contributed by atoms with E-state index < -0.39 is 17.7 Å². The molecule has 0 bridgehead atoms. The first-order valence-electron chi connectivity index (χ1n) is 10.2. The van der Waals surface area contributed by atoms with Crippen LogP contribution in [0.5, 0.6) is 0 Å². The number of nitrogens with one attached hydrogen (secondary N) is 3. The first-order valence-corrected chi connectivity index (χ1v) is 10.2. The van der Waals surface area contributed by atoms with E-state index in [0.29, 0.717) is 16.6 Å². The molecule has 1 saturated carbocycles. The van der Waals surface area contributed by atoms with Crippen LogP contribution >= 0.6 is 0 Å². The summed E-state index contributed by atoms with van der Waals surface area (Å²) in [7, 11) is 0. The van der Waals surface area contributed by atoms with E-state index in [1.807, 2.05) is 0 Å². The second kappa shape index (κ2) is 8.86. The van der Waals surface area contributed by atoms with Crippen molar-refractivity contribution in [3.8, 4) is 11.3 Å². The Morgan fingerprint density at radius 2 is 1.69 bits per heavy atom. The number of carbonyl (C=O) groups is 3. The fourth-order valence-corrected chi connectivity index (χ4v) is 3.58. The maximum Gasteiger partial charge on any atom is 0.249 e. The highest BCUT2D eigenvalue weighted by molar-refractivity contribution is 6.06. The van der Waals surface area contributed by atoms with Gasteiger partial charge >= 0.3 is 0 Å². The second-order valence-corrected chi connectivity index (χ2v) is 7.85. The van der Waals surface area contributed by atoms with E-state index in [0.717, 1.165) is 25.3 Å². The van der Waals surface area contributed by atoms with Crippen LogP contribution in [-0.4, -0.2) is 28.7 Å². The maximum absolute atomic E-state index is 13.5. The number of hydrogen-bond acceptors (Lipinski definition) is 3. The molecule has 1 atom stereocenters. The molecule has 1 aliphatic carbocycles. The van der Waals surface area contributed by atoms with Crippen LogP contribution in [0.3, 0.4) is 0 Å². The van der Waals surface area contributed by atoms with Crippen molar-refractivity contribution in [1.82, 2.24) is 15.6 Å². The molecule has 0 radical (unpaired) electrons. The smallest absolute Gasteiger partial charge is 0.249 e. The summed E-state index contributed by atoms with van der Waals surface area (Å²) in [4.78, 5) is 36.2. The van der Waals surface area contributed by atoms with E-state index in [-0.39, 0.29) is 41.4 Å². The van der Waals surface area contributed by atoms with Gasteiger partial charge in [-0.15, -0.1) is 0 Å². The molecule has 9 heteroatoms. The van der Waals surface area contributed by atoms with Crippen molar-refractivity contribution < 1.29 is 27.6 Å². The van der Waals surface area contributed by atoms with Crippen molar-refractivity contribution in [3.63, 3.8) is 0 Å². The van der Waals surface area contributed by atoms with Crippen LogP contribution in [0.1, 0.15) is 25.7 Å². The van der Waals surface area contributed by atoms with Crippen LogP contribution in [0, 0.1) is 23.4 Å². The minimum Gasteiger partial charge on any atom is -0.352 e. The highest BCUT2D eigenvalue weighted by Crippen LogP contribution is 2.27. The van der Waals surface area contributed by atoms with Gasteiger partial charge in [0.05, 0.1) is 11.9 Å². The number of H-pyrrole nitrogens is 1. The Labute approximate surface area is 181 Å². The number of aromatic nitrogens is 1. The molecule has 0 spiro atoms. The maximum atomic E-state index is 13.5. The minimum absolute atomic E-state index is 0.0542. The fraction of sp³-hybridized carbons (Fsp3) is 0.261. The third-order valence-corrected chi connectivity index (χ3v) is 5.56. The molecule has 1 aromatic heterocycles. The Balaban J connectivity index is 0.000000158. The molecule has 166 valence electrons. The summed E-state index contributed by atoms with van der Waals surface area (Å²) in [5.41, 5.74) is 1.58. The second-order valence-electron chi connectivity index (χ2n) is 7.85. The van der Waals surface area contributed by atoms with Gasteiger partial charge in [-0.1, -0.05) is 6.42 Å². The summed E-state index contributed by atoms with van der Waals surface area (Å²) in [5, 5.41) is 5.19. The van der Waals surface area contributed by atoms with E-state index >= 15 is 0 Å². The van der Waals surface area contributed by atoms with E-state index in [1.165, 1.54) is 18.2 Å². The average molecular weight is 443 g/mol. The molecule has 2 aliphatic rings. The summed E-state index contributed by atoms with van der Waals surface area (Å²) in [6, 6.07) is 8.86. The molecule has 3 N–H and O–H groups in total. The third kappa shape index (κ3) is 4.66. The Morgan fingerprint density at radius 1 is 0.969 bits per heavy atom. The lowest BCUT2D eigenvalue weighted by Crippen LogP contribution is -2.44. The highest BCUT2D eigenvalue weighted by Gasteiger charge is 2.34. The lowest BCUT2D eigenvalue weighted by atomic mass is 9.84. The summed E-state index contributed by atoms with van der Waals surface area (Å²) in [6.07, 6.45) is 2.95. The van der Waals surface area contributed by atoms with Gasteiger partial charge in [0.15, 0.2) is 0 Å². The summed E-state index contributed by atoms with van der Waals surface area (Å²) < 4.78 is 39.4. The van der Waals surface area contributed by atoms with Gasteiger partial charge in [0.2, 0.25) is 17.7 Å². The predicted octanol–water partition coefficient (Wildman–Crippen LogP) is 3.57. The van der Waals surface area contributed by atoms with Crippen molar-refractivity contribution in [2.75, 3.05) is 0 Å². The Kier molecular flexibility index (Phi) is 5.98. The monoisotopic (exact) mass is 443 g/mol. The first-order chi connectivity index (χ1) is 15.3. The zero-order chi connectivity index (χ0) is 22.8. The standard InChI is InChI=1S/C14H8F3N.C9H12N2O3/c15-10-3-1-8(2-4-10)13-6-9-5-11(16)7-12(17)14(9)18-13;12-7-4-6(9(14)11-7)10-8(13)5-2-1-3-5/h1-7,18H;5-6H,1-4H2,(H,10,13)(H,11,12,14). The third-order valence-electron chi connectivity index (χ3n) is 5.56.